The summed E-state index contributed by atoms with van der Waals surface area (Å²) in [4.78, 5) is 0. The van der Waals surface area contributed by atoms with Gasteiger partial charge in [0.1, 0.15) is 0 Å². The van der Waals surface area contributed by atoms with Crippen LogP contribution in [0, 0.1) is 11.3 Å². The summed E-state index contributed by atoms with van der Waals surface area (Å²) in [5.41, 5.74) is 9.87. The molecule has 2 atom stereocenters. The Morgan fingerprint density at radius 2 is 2.12 bits per heavy atom. The molecule has 0 aromatic heterocycles. The largest absolute Gasteiger partial charge is 0.399 e. The summed E-state index contributed by atoms with van der Waals surface area (Å²) >= 11 is 0. The maximum Gasteiger partial charge on any atom is 0.0270 e. The van der Waals surface area contributed by atoms with Gasteiger partial charge in [-0.05, 0) is 31.8 Å². The van der Waals surface area contributed by atoms with Gasteiger partial charge >= 0.3 is 0 Å². The molecule has 2 rings (SSSR count). The van der Waals surface area contributed by atoms with Gasteiger partial charge < -0.3 is 5.73 Å². The van der Waals surface area contributed by atoms with Crippen molar-refractivity contribution >= 4 is 0 Å². The third kappa shape index (κ3) is 1.99. The van der Waals surface area contributed by atoms with Gasteiger partial charge in [0, 0.05) is 11.1 Å². The monoisotopic (exact) mass is 215 g/mol. The van der Waals surface area contributed by atoms with Crippen molar-refractivity contribution in [3.8, 4) is 0 Å². The number of hydrogen-bond acceptors (Lipinski definition) is 1. The summed E-state index contributed by atoms with van der Waals surface area (Å²) in [7, 11) is 0. The zero-order chi connectivity index (χ0) is 11.8. The maximum atomic E-state index is 5.79. The van der Waals surface area contributed by atoms with Gasteiger partial charge in [-0.15, -0.1) is 0 Å². The molecule has 0 radical (unpaired) electrons. The molecule has 86 valence electrons. The predicted molar refractivity (Wildman–Crippen MR) is 69.8 cm³/mol. The van der Waals surface area contributed by atoms with Crippen LogP contribution in [-0.4, -0.2) is 0 Å². The second kappa shape index (κ2) is 3.97. The van der Waals surface area contributed by atoms with Crippen molar-refractivity contribution in [2.75, 3.05) is 0 Å². The van der Waals surface area contributed by atoms with Crippen LogP contribution < -0.4 is 5.73 Å². The molecule has 0 aliphatic heterocycles. The minimum atomic E-state index is 0.166. The number of allylic oxidation sites excluding steroid dienone is 7. The summed E-state index contributed by atoms with van der Waals surface area (Å²) in [6, 6.07) is 0. The van der Waals surface area contributed by atoms with Gasteiger partial charge in [0.05, 0.1) is 0 Å². The minimum absolute atomic E-state index is 0.166. The molecule has 16 heavy (non-hydrogen) atoms. The Kier molecular flexibility index (Phi) is 2.79. The van der Waals surface area contributed by atoms with E-state index in [2.05, 4.69) is 45.1 Å². The van der Waals surface area contributed by atoms with E-state index in [1.165, 1.54) is 17.6 Å². The van der Waals surface area contributed by atoms with Crippen LogP contribution in [0.25, 0.3) is 0 Å². The fourth-order valence-electron chi connectivity index (χ4n) is 2.77. The van der Waals surface area contributed by atoms with Gasteiger partial charge in [-0.1, -0.05) is 49.3 Å². The number of hydrogen-bond donors (Lipinski definition) is 1. The van der Waals surface area contributed by atoms with Gasteiger partial charge in [0.25, 0.3) is 0 Å². The van der Waals surface area contributed by atoms with Crippen molar-refractivity contribution in [2.45, 2.75) is 33.6 Å². The standard InChI is InChI=1S/C15H21N/c1-11-4-5-14(12(2)10-11)15(3)8-6-13(16)7-9-15/h4-8,12H,9-10,16H2,1-3H3. The number of nitrogens with two attached hydrogens (primary N) is 1. The molecule has 0 bridgehead atoms. The minimum Gasteiger partial charge on any atom is -0.399 e. The van der Waals surface area contributed by atoms with Crippen molar-refractivity contribution in [1.82, 2.24) is 0 Å². The topological polar surface area (TPSA) is 26.0 Å². The van der Waals surface area contributed by atoms with Gasteiger partial charge in [-0.3, -0.25) is 0 Å². The lowest BCUT2D eigenvalue weighted by Crippen LogP contribution is -2.24. The van der Waals surface area contributed by atoms with E-state index in [1.54, 1.807) is 0 Å². The van der Waals surface area contributed by atoms with Crippen molar-refractivity contribution in [3.63, 3.8) is 0 Å². The third-order valence-corrected chi connectivity index (χ3v) is 3.77. The van der Waals surface area contributed by atoms with Crippen LogP contribution in [0.1, 0.15) is 33.6 Å². The Morgan fingerprint density at radius 1 is 1.38 bits per heavy atom. The highest BCUT2D eigenvalue weighted by Crippen LogP contribution is 2.43. The summed E-state index contributed by atoms with van der Waals surface area (Å²) < 4.78 is 0. The first-order valence-corrected chi connectivity index (χ1v) is 6.04. The second-order valence-corrected chi connectivity index (χ2v) is 5.40. The van der Waals surface area contributed by atoms with Crippen LogP contribution in [-0.2, 0) is 0 Å². The van der Waals surface area contributed by atoms with E-state index in [-0.39, 0.29) is 5.41 Å². The second-order valence-electron chi connectivity index (χ2n) is 5.40. The molecule has 0 aromatic carbocycles. The first-order chi connectivity index (χ1) is 7.51. The highest BCUT2D eigenvalue weighted by atomic mass is 14.6. The number of rotatable bonds is 1. The molecule has 0 saturated carbocycles. The molecule has 1 nitrogen and oxygen atoms in total. The first kappa shape index (κ1) is 11.3. The average molecular weight is 215 g/mol. The summed E-state index contributed by atoms with van der Waals surface area (Å²) in [5.74, 6) is 0.646. The molecule has 1 heteroatoms. The lowest BCUT2D eigenvalue weighted by molar-refractivity contribution is 0.439. The van der Waals surface area contributed by atoms with Gasteiger partial charge in [-0.2, -0.15) is 0 Å². The normalized spacial score (nSPS) is 34.2. The quantitative estimate of drug-likeness (QED) is 0.709. The molecule has 0 amide bonds. The third-order valence-electron chi connectivity index (χ3n) is 3.77. The van der Waals surface area contributed by atoms with Crippen molar-refractivity contribution in [2.24, 2.45) is 17.1 Å². The predicted octanol–water partition coefficient (Wildman–Crippen LogP) is 3.71. The molecular formula is C15H21N. The van der Waals surface area contributed by atoms with E-state index in [4.69, 9.17) is 5.73 Å². The zero-order valence-corrected chi connectivity index (χ0v) is 10.5. The fraction of sp³-hybridized carbons (Fsp3) is 0.467. The zero-order valence-electron chi connectivity index (χ0n) is 10.5. The Morgan fingerprint density at radius 3 is 2.69 bits per heavy atom. The van der Waals surface area contributed by atoms with Gasteiger partial charge in [-0.25, -0.2) is 0 Å². The van der Waals surface area contributed by atoms with E-state index in [9.17, 15) is 0 Å². The van der Waals surface area contributed by atoms with E-state index in [1.807, 2.05) is 6.08 Å². The van der Waals surface area contributed by atoms with Crippen LogP contribution in [0.2, 0.25) is 0 Å². The molecule has 0 fully saturated rings. The molecule has 2 N–H and O–H groups in total. The highest BCUT2D eigenvalue weighted by Gasteiger charge is 2.31. The Labute approximate surface area is 98.4 Å². The highest BCUT2D eigenvalue weighted by molar-refractivity contribution is 5.37. The van der Waals surface area contributed by atoms with E-state index >= 15 is 0 Å². The molecule has 2 unspecified atom stereocenters. The summed E-state index contributed by atoms with van der Waals surface area (Å²) in [5, 5.41) is 0. The van der Waals surface area contributed by atoms with Crippen LogP contribution in [0.3, 0.4) is 0 Å². The Hall–Kier alpha value is -1.24. The van der Waals surface area contributed by atoms with Crippen LogP contribution in [0.15, 0.2) is 47.2 Å². The Balaban J connectivity index is 2.29. The maximum absolute atomic E-state index is 5.79. The summed E-state index contributed by atoms with van der Waals surface area (Å²) in [6.07, 6.45) is 13.2. The van der Waals surface area contributed by atoms with E-state index in [0.29, 0.717) is 5.92 Å². The van der Waals surface area contributed by atoms with Crippen LogP contribution in [0.4, 0.5) is 0 Å². The lowest BCUT2D eigenvalue weighted by atomic mass is 9.69. The Bertz CT molecular complexity index is 409. The van der Waals surface area contributed by atoms with Crippen LogP contribution in [0.5, 0.6) is 0 Å². The van der Waals surface area contributed by atoms with Crippen molar-refractivity contribution in [1.29, 1.82) is 0 Å². The molecule has 0 heterocycles. The molecule has 0 spiro atoms. The van der Waals surface area contributed by atoms with Crippen molar-refractivity contribution in [3.05, 3.63) is 47.2 Å². The fourth-order valence-corrected chi connectivity index (χ4v) is 2.77. The van der Waals surface area contributed by atoms with Gasteiger partial charge in [0.15, 0.2) is 0 Å². The molecule has 2 aliphatic carbocycles. The molecular weight excluding hydrogens is 194 g/mol. The van der Waals surface area contributed by atoms with Crippen LogP contribution >= 0.6 is 0 Å². The lowest BCUT2D eigenvalue weighted by Gasteiger charge is -2.36. The molecule has 0 aromatic rings. The average Bonchev–Trinajstić information content (AvgIpc) is 2.22. The summed E-state index contributed by atoms with van der Waals surface area (Å²) in [6.45, 7) is 6.84. The van der Waals surface area contributed by atoms with Gasteiger partial charge in [0.2, 0.25) is 0 Å². The van der Waals surface area contributed by atoms with E-state index < -0.39 is 0 Å². The smallest absolute Gasteiger partial charge is 0.0270 e. The van der Waals surface area contributed by atoms with E-state index in [0.717, 1.165) is 12.1 Å². The molecule has 0 saturated heterocycles. The van der Waals surface area contributed by atoms with Crippen molar-refractivity contribution < 1.29 is 0 Å². The SMILES string of the molecule is CC1=CC=C(C2(C)C=CC(N)=CC2)C(C)C1. The molecule has 2 aliphatic rings. The first-order valence-electron chi connectivity index (χ1n) is 6.04.